The smallest absolute Gasteiger partial charge is 0.326 e. The molecule has 0 aromatic carbocycles. The molecule has 0 saturated heterocycles. The minimum Gasteiger partial charge on any atom is -0.481 e. The maximum atomic E-state index is 12.6. The lowest BCUT2D eigenvalue weighted by Crippen LogP contribution is -2.59. The molecule has 0 spiro atoms. The highest BCUT2D eigenvalue weighted by molar-refractivity contribution is 5.94. The number of aromatic amines is 1. The molecule has 1 aromatic heterocycles. The second-order valence-electron chi connectivity index (χ2n) is 6.37. The van der Waals surface area contributed by atoms with Gasteiger partial charge in [-0.2, -0.15) is 0 Å². The van der Waals surface area contributed by atoms with E-state index in [1.54, 1.807) is 0 Å². The van der Waals surface area contributed by atoms with Crippen LogP contribution < -0.4 is 21.7 Å². The highest BCUT2D eigenvalue weighted by Gasteiger charge is 2.31. The molecule has 15 nitrogen and oxygen atoms in total. The Kier molecular flexibility index (Phi) is 10.0. The van der Waals surface area contributed by atoms with Crippen molar-refractivity contribution in [3.8, 4) is 0 Å². The zero-order valence-electron chi connectivity index (χ0n) is 16.1. The molecule has 4 unspecified atom stereocenters. The van der Waals surface area contributed by atoms with Gasteiger partial charge in [-0.05, 0) is 0 Å². The van der Waals surface area contributed by atoms with E-state index in [1.807, 2.05) is 5.32 Å². The van der Waals surface area contributed by atoms with E-state index in [0.29, 0.717) is 5.69 Å². The molecule has 31 heavy (non-hydrogen) atoms. The largest absolute Gasteiger partial charge is 0.481 e. The van der Waals surface area contributed by atoms with Crippen molar-refractivity contribution < 1.29 is 44.4 Å². The predicted molar refractivity (Wildman–Crippen MR) is 100 cm³/mol. The highest BCUT2D eigenvalue weighted by atomic mass is 16.4. The summed E-state index contributed by atoms with van der Waals surface area (Å²) in [7, 11) is 0. The normalized spacial score (nSPS) is 14.5. The molecule has 0 bridgehead atoms. The van der Waals surface area contributed by atoms with Crippen LogP contribution in [0.15, 0.2) is 12.5 Å². The number of carboxylic acid groups (broad SMARTS) is 2. The molecule has 172 valence electrons. The number of aliphatic hydroxyl groups is 2. The van der Waals surface area contributed by atoms with Gasteiger partial charge in [-0.15, -0.1) is 0 Å². The molecule has 3 amide bonds. The quantitative estimate of drug-likeness (QED) is 0.139. The number of carboxylic acids is 2. The fourth-order valence-electron chi connectivity index (χ4n) is 2.30. The van der Waals surface area contributed by atoms with E-state index in [4.69, 9.17) is 21.1 Å². The van der Waals surface area contributed by atoms with Crippen LogP contribution in [0.5, 0.6) is 0 Å². The first-order valence-corrected chi connectivity index (χ1v) is 8.89. The number of aliphatic hydroxyl groups excluding tert-OH is 2. The van der Waals surface area contributed by atoms with Gasteiger partial charge in [0.15, 0.2) is 0 Å². The van der Waals surface area contributed by atoms with Crippen LogP contribution in [-0.4, -0.2) is 97.4 Å². The van der Waals surface area contributed by atoms with Crippen molar-refractivity contribution in [1.29, 1.82) is 0 Å². The van der Waals surface area contributed by atoms with E-state index < -0.39 is 73.5 Å². The van der Waals surface area contributed by atoms with Crippen LogP contribution in [0.4, 0.5) is 0 Å². The van der Waals surface area contributed by atoms with E-state index in [9.17, 15) is 29.1 Å². The van der Waals surface area contributed by atoms with Crippen molar-refractivity contribution in [3.63, 3.8) is 0 Å². The van der Waals surface area contributed by atoms with Gasteiger partial charge in [0.1, 0.15) is 24.2 Å². The number of rotatable bonds is 13. The fraction of sp³-hybridized carbons (Fsp3) is 0.500. The molecule has 0 aliphatic rings. The van der Waals surface area contributed by atoms with Crippen LogP contribution in [0.1, 0.15) is 12.1 Å². The molecule has 0 radical (unpaired) electrons. The molecule has 10 N–H and O–H groups in total. The van der Waals surface area contributed by atoms with E-state index in [0.717, 1.165) is 0 Å². The molecular formula is C16H24N6O9. The Morgan fingerprint density at radius 2 is 1.52 bits per heavy atom. The van der Waals surface area contributed by atoms with Gasteiger partial charge in [-0.3, -0.25) is 19.2 Å². The SMILES string of the molecule is NC(CO)C(=O)NC(CO)C(=O)NC(Cc1cnc[nH]1)C(=O)NC(CC(=O)O)C(=O)O. The lowest BCUT2D eigenvalue weighted by molar-refractivity contribution is -0.147. The van der Waals surface area contributed by atoms with Gasteiger partial charge in [0, 0.05) is 18.3 Å². The van der Waals surface area contributed by atoms with E-state index in [2.05, 4.69) is 20.6 Å². The van der Waals surface area contributed by atoms with Crippen LogP contribution in [-0.2, 0) is 30.4 Å². The molecule has 0 aliphatic carbocycles. The third-order valence-corrected chi connectivity index (χ3v) is 3.95. The average Bonchev–Trinajstić information content (AvgIpc) is 3.22. The van der Waals surface area contributed by atoms with Gasteiger partial charge in [-0.25, -0.2) is 9.78 Å². The number of hydrogen-bond donors (Lipinski definition) is 9. The Hall–Kier alpha value is -3.56. The molecule has 0 aliphatic heterocycles. The maximum Gasteiger partial charge on any atom is 0.326 e. The van der Waals surface area contributed by atoms with Crippen LogP contribution in [0.25, 0.3) is 0 Å². The summed E-state index contributed by atoms with van der Waals surface area (Å²) in [4.78, 5) is 65.2. The molecule has 0 saturated carbocycles. The van der Waals surface area contributed by atoms with Gasteiger partial charge in [-0.1, -0.05) is 0 Å². The lowest BCUT2D eigenvalue weighted by atomic mass is 10.1. The summed E-state index contributed by atoms with van der Waals surface area (Å²) in [5.74, 6) is -6.03. The summed E-state index contributed by atoms with van der Waals surface area (Å²) < 4.78 is 0. The topological polar surface area (TPSA) is 257 Å². The maximum absolute atomic E-state index is 12.6. The monoisotopic (exact) mass is 444 g/mol. The standard InChI is InChI=1S/C16H24N6O9/c17-8(4-23)13(27)22-11(5-24)15(29)20-9(1-7-3-18-6-19-7)14(28)21-10(16(30)31)2-12(25)26/h3,6,8-11,23-24H,1-2,4-5,17H2,(H,18,19)(H,20,29)(H,21,28)(H,22,27)(H,25,26)(H,30,31). The average molecular weight is 444 g/mol. The third kappa shape index (κ3) is 8.37. The Labute approximate surface area is 175 Å². The number of H-pyrrole nitrogens is 1. The van der Waals surface area contributed by atoms with Crippen molar-refractivity contribution >= 4 is 29.7 Å². The number of imidazole rings is 1. The van der Waals surface area contributed by atoms with Crippen LogP contribution in [0.2, 0.25) is 0 Å². The van der Waals surface area contributed by atoms with E-state index in [1.165, 1.54) is 12.5 Å². The Morgan fingerprint density at radius 1 is 0.935 bits per heavy atom. The van der Waals surface area contributed by atoms with E-state index in [-0.39, 0.29) is 6.42 Å². The molecule has 1 rings (SSSR count). The number of nitrogens with zero attached hydrogens (tertiary/aromatic N) is 1. The zero-order valence-corrected chi connectivity index (χ0v) is 16.1. The van der Waals surface area contributed by atoms with Gasteiger partial charge in [0.25, 0.3) is 0 Å². The number of nitrogens with two attached hydrogens (primary N) is 1. The molecule has 15 heteroatoms. The highest BCUT2D eigenvalue weighted by Crippen LogP contribution is 2.02. The van der Waals surface area contributed by atoms with Crippen LogP contribution in [0.3, 0.4) is 0 Å². The fourth-order valence-corrected chi connectivity index (χ4v) is 2.30. The van der Waals surface area contributed by atoms with Gasteiger partial charge in [0.05, 0.1) is 26.0 Å². The van der Waals surface area contributed by atoms with Crippen molar-refractivity contribution in [1.82, 2.24) is 25.9 Å². The first-order valence-electron chi connectivity index (χ1n) is 8.89. The van der Waals surface area contributed by atoms with Crippen LogP contribution >= 0.6 is 0 Å². The second kappa shape index (κ2) is 12.2. The van der Waals surface area contributed by atoms with E-state index >= 15 is 0 Å². The van der Waals surface area contributed by atoms with Crippen molar-refractivity contribution in [2.75, 3.05) is 13.2 Å². The predicted octanol–water partition coefficient (Wildman–Crippen LogP) is -4.72. The molecule has 4 atom stereocenters. The van der Waals surface area contributed by atoms with Crippen LogP contribution in [0, 0.1) is 0 Å². The van der Waals surface area contributed by atoms with Gasteiger partial charge >= 0.3 is 11.9 Å². The van der Waals surface area contributed by atoms with Gasteiger partial charge < -0.3 is 47.1 Å². The summed E-state index contributed by atoms with van der Waals surface area (Å²) >= 11 is 0. The lowest BCUT2D eigenvalue weighted by Gasteiger charge is -2.23. The summed E-state index contributed by atoms with van der Waals surface area (Å²) in [6.45, 7) is -1.58. The Bertz CT molecular complexity index is 785. The molecule has 0 fully saturated rings. The molecule has 1 heterocycles. The number of aromatic nitrogens is 2. The number of carbonyl (C=O) groups is 5. The number of nitrogens with one attached hydrogen (secondary N) is 4. The number of amides is 3. The first-order chi connectivity index (χ1) is 14.6. The third-order valence-electron chi connectivity index (χ3n) is 3.95. The van der Waals surface area contributed by atoms with Crippen molar-refractivity contribution in [2.24, 2.45) is 5.73 Å². The summed E-state index contributed by atoms with van der Waals surface area (Å²) in [6, 6.07) is -6.06. The zero-order chi connectivity index (χ0) is 23.6. The molecule has 1 aromatic rings. The van der Waals surface area contributed by atoms with Gasteiger partial charge in [0.2, 0.25) is 17.7 Å². The summed E-state index contributed by atoms with van der Waals surface area (Å²) in [5.41, 5.74) is 5.70. The molecular weight excluding hydrogens is 420 g/mol. The Balaban J connectivity index is 2.97. The number of aliphatic carboxylic acids is 2. The number of carbonyl (C=O) groups excluding carboxylic acids is 3. The number of hydrogen-bond acceptors (Lipinski definition) is 9. The Morgan fingerprint density at radius 3 is 2.00 bits per heavy atom. The summed E-state index contributed by atoms with van der Waals surface area (Å²) in [5, 5.41) is 42.5. The minimum absolute atomic E-state index is 0.195. The summed E-state index contributed by atoms with van der Waals surface area (Å²) in [6.07, 6.45) is 1.53. The first kappa shape index (κ1) is 25.5. The van der Waals surface area contributed by atoms with Crippen molar-refractivity contribution in [2.45, 2.75) is 37.0 Å². The second-order valence-corrected chi connectivity index (χ2v) is 6.37. The minimum atomic E-state index is -1.76. The van der Waals surface area contributed by atoms with Crippen molar-refractivity contribution in [3.05, 3.63) is 18.2 Å².